The lowest BCUT2D eigenvalue weighted by Crippen LogP contribution is -2.48. The zero-order valence-electron chi connectivity index (χ0n) is 22.3. The van der Waals surface area contributed by atoms with Crippen LogP contribution >= 0.6 is 0 Å². The standard InChI is InChI=1S/C28H37FN6O2.CH4/c1-5-7-8-11-30-27(36)18-33(25-14-22-15-31-35(6-2)26(22)12-20(25)3)19-28(37)32(4)34-16-21-9-10-24(29)13-23(21)17-34;/h9-10,12-15H,5-8,11,16-19H2,1-4H3,(H,30,36);1H4. The first-order valence-corrected chi connectivity index (χ1v) is 13.1. The van der Waals surface area contributed by atoms with E-state index < -0.39 is 0 Å². The first-order valence-electron chi connectivity index (χ1n) is 13.1. The number of anilines is 1. The first kappa shape index (κ1) is 29.1. The van der Waals surface area contributed by atoms with Crippen molar-refractivity contribution in [1.29, 1.82) is 0 Å². The SMILES string of the molecule is C.CCCCCNC(=O)CN(CC(=O)N(C)N1Cc2ccc(F)cc2C1)c1cc2cnn(CC)c2cc1C. The minimum Gasteiger partial charge on any atom is -0.355 e. The van der Waals surface area contributed by atoms with Gasteiger partial charge in [-0.2, -0.15) is 5.10 Å². The number of hydrogen-bond donors (Lipinski definition) is 1. The Hall–Kier alpha value is -3.46. The fraction of sp³-hybridized carbons (Fsp3) is 0.483. The highest BCUT2D eigenvalue weighted by Crippen LogP contribution is 2.28. The van der Waals surface area contributed by atoms with Crippen LogP contribution in [0.4, 0.5) is 10.1 Å². The second-order valence-corrected chi connectivity index (χ2v) is 9.72. The van der Waals surface area contributed by atoms with Gasteiger partial charge in [0.2, 0.25) is 5.91 Å². The van der Waals surface area contributed by atoms with Gasteiger partial charge in [-0.15, -0.1) is 0 Å². The summed E-state index contributed by atoms with van der Waals surface area (Å²) in [6, 6.07) is 8.82. The fourth-order valence-electron chi connectivity index (χ4n) is 4.85. The van der Waals surface area contributed by atoms with Gasteiger partial charge < -0.3 is 10.2 Å². The van der Waals surface area contributed by atoms with Crippen molar-refractivity contribution in [2.24, 2.45) is 0 Å². The van der Waals surface area contributed by atoms with Gasteiger partial charge in [-0.25, -0.2) is 9.40 Å². The van der Waals surface area contributed by atoms with Crippen molar-refractivity contribution in [1.82, 2.24) is 25.1 Å². The maximum absolute atomic E-state index is 13.7. The molecule has 8 nitrogen and oxygen atoms in total. The largest absolute Gasteiger partial charge is 0.355 e. The summed E-state index contributed by atoms with van der Waals surface area (Å²) in [5.74, 6) is -0.530. The smallest absolute Gasteiger partial charge is 0.256 e. The van der Waals surface area contributed by atoms with Crippen LogP contribution in [0.15, 0.2) is 36.5 Å². The van der Waals surface area contributed by atoms with Gasteiger partial charge in [-0.3, -0.25) is 19.3 Å². The Labute approximate surface area is 225 Å². The number of unbranched alkanes of at least 4 members (excludes halogenated alkanes) is 2. The minimum absolute atomic E-state index is 0. The number of carbonyl (C=O) groups is 2. The molecular formula is C29H41FN6O2. The number of halogens is 1. The first-order chi connectivity index (χ1) is 17.8. The summed E-state index contributed by atoms with van der Waals surface area (Å²) in [4.78, 5) is 28.2. The molecule has 0 fully saturated rings. The number of carbonyl (C=O) groups excluding carboxylic acids is 2. The van der Waals surface area contributed by atoms with Gasteiger partial charge in [0.15, 0.2) is 0 Å². The molecule has 206 valence electrons. The Morgan fingerprint density at radius 3 is 2.58 bits per heavy atom. The average Bonchev–Trinajstić information content (AvgIpc) is 3.48. The number of rotatable bonds is 11. The summed E-state index contributed by atoms with van der Waals surface area (Å²) < 4.78 is 15.6. The van der Waals surface area contributed by atoms with Crippen LogP contribution in [0.2, 0.25) is 0 Å². The molecule has 1 aromatic heterocycles. The summed E-state index contributed by atoms with van der Waals surface area (Å²) in [6.45, 7) is 8.67. The van der Waals surface area contributed by atoms with E-state index >= 15 is 0 Å². The summed E-state index contributed by atoms with van der Waals surface area (Å²) in [5.41, 5.74) is 4.73. The lowest BCUT2D eigenvalue weighted by Gasteiger charge is -2.32. The van der Waals surface area contributed by atoms with E-state index in [2.05, 4.69) is 23.4 Å². The van der Waals surface area contributed by atoms with Crippen molar-refractivity contribution in [3.8, 4) is 0 Å². The number of hydrogen-bond acceptors (Lipinski definition) is 5. The predicted molar refractivity (Wildman–Crippen MR) is 150 cm³/mol. The van der Waals surface area contributed by atoms with E-state index in [1.807, 2.05) is 40.7 Å². The Kier molecular flexibility index (Phi) is 9.85. The van der Waals surface area contributed by atoms with Gasteiger partial charge in [0.05, 0.1) is 24.8 Å². The number of nitrogens with one attached hydrogen (secondary N) is 1. The van der Waals surface area contributed by atoms with Crippen molar-refractivity contribution < 1.29 is 14.0 Å². The highest BCUT2D eigenvalue weighted by molar-refractivity contribution is 5.90. The number of nitrogens with zero attached hydrogens (tertiary/aromatic N) is 5. The van der Waals surface area contributed by atoms with E-state index in [0.29, 0.717) is 19.6 Å². The second-order valence-electron chi connectivity index (χ2n) is 9.72. The Morgan fingerprint density at radius 1 is 1.08 bits per heavy atom. The third-order valence-corrected chi connectivity index (χ3v) is 7.02. The summed E-state index contributed by atoms with van der Waals surface area (Å²) >= 11 is 0. The molecule has 4 rings (SSSR count). The van der Waals surface area contributed by atoms with Crippen molar-refractivity contribution in [2.45, 2.75) is 67.1 Å². The number of fused-ring (bicyclic) bond motifs is 2. The van der Waals surface area contributed by atoms with Crippen molar-refractivity contribution in [2.75, 3.05) is 31.6 Å². The molecule has 2 aromatic carbocycles. The molecule has 0 unspecified atom stereocenters. The molecule has 0 radical (unpaired) electrons. The zero-order valence-corrected chi connectivity index (χ0v) is 22.3. The van der Waals surface area contributed by atoms with Gasteiger partial charge in [-0.1, -0.05) is 33.3 Å². The van der Waals surface area contributed by atoms with Crippen molar-refractivity contribution in [3.63, 3.8) is 0 Å². The van der Waals surface area contributed by atoms with E-state index in [-0.39, 0.29) is 38.1 Å². The predicted octanol–water partition coefficient (Wildman–Crippen LogP) is 4.64. The molecule has 1 aliphatic heterocycles. The van der Waals surface area contributed by atoms with Gasteiger partial charge in [0.1, 0.15) is 5.82 Å². The summed E-state index contributed by atoms with van der Waals surface area (Å²) in [5, 5.41) is 11.9. The summed E-state index contributed by atoms with van der Waals surface area (Å²) in [7, 11) is 1.73. The van der Waals surface area contributed by atoms with Crippen LogP contribution in [-0.2, 0) is 29.2 Å². The normalized spacial score (nSPS) is 12.8. The van der Waals surface area contributed by atoms with Gasteiger partial charge >= 0.3 is 0 Å². The molecule has 38 heavy (non-hydrogen) atoms. The Balaban J connectivity index is 0.00000400. The molecule has 2 amide bonds. The average molecular weight is 525 g/mol. The van der Waals surface area contributed by atoms with Crippen molar-refractivity contribution >= 4 is 28.4 Å². The van der Waals surface area contributed by atoms with E-state index in [1.165, 1.54) is 12.1 Å². The lowest BCUT2D eigenvalue weighted by atomic mass is 10.1. The topological polar surface area (TPSA) is 73.7 Å². The second kappa shape index (κ2) is 12.9. The summed E-state index contributed by atoms with van der Waals surface area (Å²) in [6.07, 6.45) is 4.90. The Bertz CT molecular complexity index is 1270. The molecule has 0 saturated carbocycles. The van der Waals surface area contributed by atoms with Gasteiger partial charge in [0.25, 0.3) is 5.91 Å². The number of amides is 2. The molecule has 0 bridgehead atoms. The van der Waals surface area contributed by atoms with Crippen molar-refractivity contribution in [3.05, 3.63) is 59.0 Å². The molecule has 1 aliphatic rings. The van der Waals surface area contributed by atoms with Crippen LogP contribution < -0.4 is 10.2 Å². The quantitative estimate of drug-likeness (QED) is 0.370. The Morgan fingerprint density at radius 2 is 1.84 bits per heavy atom. The van der Waals surface area contributed by atoms with E-state index in [1.54, 1.807) is 18.1 Å². The maximum Gasteiger partial charge on any atom is 0.256 e. The molecule has 0 saturated heterocycles. The monoisotopic (exact) mass is 524 g/mol. The fourth-order valence-corrected chi connectivity index (χ4v) is 4.85. The molecule has 1 N–H and O–H groups in total. The zero-order chi connectivity index (χ0) is 26.5. The van der Waals surface area contributed by atoms with Crippen LogP contribution in [0.1, 0.15) is 57.2 Å². The van der Waals surface area contributed by atoms with Crippen LogP contribution in [-0.4, -0.2) is 58.3 Å². The van der Waals surface area contributed by atoms with Gasteiger partial charge in [0, 0.05) is 44.3 Å². The molecule has 0 atom stereocenters. The third-order valence-electron chi connectivity index (χ3n) is 7.02. The molecular weight excluding hydrogens is 483 g/mol. The highest BCUT2D eigenvalue weighted by atomic mass is 19.1. The number of likely N-dealkylation sites (N-methyl/N-ethyl adjacent to an activating group) is 1. The number of aromatic nitrogens is 2. The van der Waals surface area contributed by atoms with Crippen LogP contribution in [0.5, 0.6) is 0 Å². The molecule has 0 aliphatic carbocycles. The molecule has 2 heterocycles. The van der Waals surface area contributed by atoms with Crippen LogP contribution in [0.3, 0.4) is 0 Å². The van der Waals surface area contributed by atoms with Crippen LogP contribution in [0.25, 0.3) is 10.9 Å². The molecule has 3 aromatic rings. The number of benzene rings is 2. The van der Waals surface area contributed by atoms with Crippen LogP contribution in [0, 0.1) is 12.7 Å². The van der Waals surface area contributed by atoms with E-state index in [0.717, 1.165) is 59.1 Å². The van der Waals surface area contributed by atoms with Gasteiger partial charge in [-0.05, 0) is 61.2 Å². The molecule has 9 heteroatoms. The lowest BCUT2D eigenvalue weighted by molar-refractivity contribution is -0.145. The number of aryl methyl sites for hydroxylation is 2. The number of hydrazine groups is 1. The maximum atomic E-state index is 13.7. The third kappa shape index (κ3) is 6.51. The van der Waals surface area contributed by atoms with E-state index in [4.69, 9.17) is 0 Å². The van der Waals surface area contributed by atoms with E-state index in [9.17, 15) is 14.0 Å². The highest BCUT2D eigenvalue weighted by Gasteiger charge is 2.27. The minimum atomic E-state index is -0.275. The molecule has 0 spiro atoms.